The maximum atomic E-state index is 9.74. The van der Waals surface area contributed by atoms with Crippen molar-refractivity contribution in [2.45, 2.75) is 64.1 Å². The van der Waals surface area contributed by atoms with Gasteiger partial charge in [0.15, 0.2) is 5.11 Å². The lowest BCUT2D eigenvalue weighted by atomic mass is 9.90. The topological polar surface area (TPSA) is 53.3 Å². The molecule has 6 heteroatoms. The van der Waals surface area contributed by atoms with Crippen LogP contribution >= 0.6 is 12.2 Å². The number of aromatic hydroxyl groups is 1. The minimum atomic E-state index is 0.0133. The first-order valence-corrected chi connectivity index (χ1v) is 11.9. The van der Waals surface area contributed by atoms with E-state index < -0.39 is 0 Å². The summed E-state index contributed by atoms with van der Waals surface area (Å²) in [4.78, 5) is 7.16. The SMILES string of the molecule is Cc1cc([C@H]2[C@H](c3ccccn3)NC(=S)N2C2CCCCC2)c(C)n1-c1ccc(O)cc1. The van der Waals surface area contributed by atoms with Crippen LogP contribution in [0.4, 0.5) is 0 Å². The monoisotopic (exact) mass is 446 g/mol. The molecule has 5 rings (SSSR count). The molecule has 2 fully saturated rings. The van der Waals surface area contributed by atoms with Gasteiger partial charge < -0.3 is 19.9 Å². The van der Waals surface area contributed by atoms with E-state index in [1.807, 2.05) is 30.5 Å². The van der Waals surface area contributed by atoms with Crippen LogP contribution < -0.4 is 5.32 Å². The second kappa shape index (κ2) is 8.58. The molecule has 1 aliphatic carbocycles. The third-order valence-electron chi connectivity index (χ3n) is 7.00. The van der Waals surface area contributed by atoms with E-state index in [0.717, 1.165) is 16.5 Å². The molecule has 2 atom stereocenters. The summed E-state index contributed by atoms with van der Waals surface area (Å²) in [6.07, 6.45) is 8.07. The molecule has 1 aromatic carbocycles. The molecule has 2 N–H and O–H groups in total. The second-order valence-electron chi connectivity index (χ2n) is 9.00. The fraction of sp³-hybridized carbons (Fsp3) is 0.385. The number of nitrogens with one attached hydrogen (secondary N) is 1. The van der Waals surface area contributed by atoms with Gasteiger partial charge in [0, 0.05) is 29.3 Å². The highest BCUT2D eigenvalue weighted by Crippen LogP contribution is 2.44. The van der Waals surface area contributed by atoms with E-state index >= 15 is 0 Å². The summed E-state index contributed by atoms with van der Waals surface area (Å²) in [6.45, 7) is 4.33. The molecule has 5 nitrogen and oxygen atoms in total. The van der Waals surface area contributed by atoms with Gasteiger partial charge in [0.25, 0.3) is 0 Å². The second-order valence-corrected chi connectivity index (χ2v) is 9.39. The van der Waals surface area contributed by atoms with Gasteiger partial charge in [0.05, 0.1) is 17.8 Å². The summed E-state index contributed by atoms with van der Waals surface area (Å²) >= 11 is 5.92. The van der Waals surface area contributed by atoms with E-state index in [9.17, 15) is 5.11 Å². The number of pyridine rings is 1. The zero-order valence-electron chi connectivity index (χ0n) is 18.7. The van der Waals surface area contributed by atoms with Crippen LogP contribution in [0.3, 0.4) is 0 Å². The lowest BCUT2D eigenvalue weighted by Crippen LogP contribution is -2.40. The van der Waals surface area contributed by atoms with Gasteiger partial charge in [0.2, 0.25) is 0 Å². The maximum absolute atomic E-state index is 9.74. The quantitative estimate of drug-likeness (QED) is 0.518. The molecule has 2 aliphatic rings. The summed E-state index contributed by atoms with van der Waals surface area (Å²) in [5, 5.41) is 14.2. The molecule has 1 saturated heterocycles. The lowest BCUT2D eigenvalue weighted by Gasteiger charge is -2.37. The van der Waals surface area contributed by atoms with Crippen LogP contribution in [0.5, 0.6) is 5.75 Å². The highest BCUT2D eigenvalue weighted by Gasteiger charge is 2.44. The number of thiocarbonyl (C=S) groups is 1. The summed E-state index contributed by atoms with van der Waals surface area (Å²) < 4.78 is 2.27. The first kappa shape index (κ1) is 21.0. The average Bonchev–Trinajstić information content (AvgIpc) is 3.31. The van der Waals surface area contributed by atoms with Crippen molar-refractivity contribution in [3.63, 3.8) is 0 Å². The Labute approximate surface area is 195 Å². The number of hydrogen-bond donors (Lipinski definition) is 2. The molecule has 32 heavy (non-hydrogen) atoms. The Morgan fingerprint density at radius 3 is 2.47 bits per heavy atom. The Morgan fingerprint density at radius 1 is 1.03 bits per heavy atom. The van der Waals surface area contributed by atoms with Crippen molar-refractivity contribution < 1.29 is 5.11 Å². The van der Waals surface area contributed by atoms with Gasteiger partial charge in [-0.2, -0.15) is 0 Å². The van der Waals surface area contributed by atoms with Crippen LogP contribution in [0, 0.1) is 13.8 Å². The van der Waals surface area contributed by atoms with Crippen molar-refractivity contribution in [2.24, 2.45) is 0 Å². The number of benzene rings is 1. The van der Waals surface area contributed by atoms with Crippen molar-refractivity contribution in [1.29, 1.82) is 0 Å². The average molecular weight is 447 g/mol. The molecule has 2 aromatic heterocycles. The van der Waals surface area contributed by atoms with Crippen LogP contribution in [0.15, 0.2) is 54.7 Å². The molecule has 3 heterocycles. The highest BCUT2D eigenvalue weighted by molar-refractivity contribution is 7.80. The van der Waals surface area contributed by atoms with Gasteiger partial charge in [-0.3, -0.25) is 4.98 Å². The van der Waals surface area contributed by atoms with Crippen LogP contribution in [0.25, 0.3) is 5.69 Å². The molecule has 0 spiro atoms. The number of hydrogen-bond acceptors (Lipinski definition) is 3. The fourth-order valence-electron chi connectivity index (χ4n) is 5.54. The summed E-state index contributed by atoms with van der Waals surface area (Å²) in [5.41, 5.74) is 5.73. The molecule has 0 radical (unpaired) electrons. The maximum Gasteiger partial charge on any atom is 0.170 e. The normalized spacial score (nSPS) is 21.7. The molecule has 0 amide bonds. The summed E-state index contributed by atoms with van der Waals surface area (Å²) in [7, 11) is 0. The smallest absolute Gasteiger partial charge is 0.170 e. The molecular formula is C26H30N4OS. The Balaban J connectivity index is 1.62. The summed E-state index contributed by atoms with van der Waals surface area (Å²) in [5.74, 6) is 0.278. The number of phenolic OH excluding ortho intramolecular Hbond substituents is 1. The third-order valence-corrected chi connectivity index (χ3v) is 7.33. The van der Waals surface area contributed by atoms with Gasteiger partial charge in [-0.1, -0.05) is 25.3 Å². The molecule has 0 unspecified atom stereocenters. The van der Waals surface area contributed by atoms with Gasteiger partial charge in [0.1, 0.15) is 5.75 Å². The molecule has 1 saturated carbocycles. The van der Waals surface area contributed by atoms with Crippen molar-refractivity contribution in [3.8, 4) is 11.4 Å². The molecule has 3 aromatic rings. The predicted octanol–water partition coefficient (Wildman–Crippen LogP) is 5.50. The van der Waals surface area contributed by atoms with Gasteiger partial charge >= 0.3 is 0 Å². The van der Waals surface area contributed by atoms with E-state index in [-0.39, 0.29) is 17.8 Å². The van der Waals surface area contributed by atoms with Crippen molar-refractivity contribution in [2.75, 3.05) is 0 Å². The molecule has 1 aliphatic heterocycles. The van der Waals surface area contributed by atoms with Crippen LogP contribution in [0.2, 0.25) is 0 Å². The van der Waals surface area contributed by atoms with E-state index in [1.165, 1.54) is 49.1 Å². The van der Waals surface area contributed by atoms with Crippen molar-refractivity contribution >= 4 is 17.3 Å². The number of nitrogens with zero attached hydrogens (tertiary/aromatic N) is 3. The fourth-order valence-corrected chi connectivity index (χ4v) is 5.93. The minimum absolute atomic E-state index is 0.0133. The number of aryl methyl sites for hydroxylation is 1. The Morgan fingerprint density at radius 2 is 1.78 bits per heavy atom. The minimum Gasteiger partial charge on any atom is -0.508 e. The van der Waals surface area contributed by atoms with E-state index in [2.05, 4.69) is 40.8 Å². The summed E-state index contributed by atoms with van der Waals surface area (Å²) in [6, 6.07) is 16.4. The van der Waals surface area contributed by atoms with Crippen molar-refractivity contribution in [3.05, 3.63) is 77.4 Å². The Kier molecular flexibility index (Phi) is 5.64. The number of phenols is 1. The van der Waals surface area contributed by atoms with Gasteiger partial charge in [-0.05, 0) is 86.9 Å². The molecular weight excluding hydrogens is 416 g/mol. The van der Waals surface area contributed by atoms with Gasteiger partial charge in [-0.15, -0.1) is 0 Å². The zero-order valence-corrected chi connectivity index (χ0v) is 19.5. The first-order chi connectivity index (χ1) is 15.5. The van der Waals surface area contributed by atoms with Crippen molar-refractivity contribution in [1.82, 2.24) is 19.8 Å². The highest BCUT2D eigenvalue weighted by atomic mass is 32.1. The van der Waals surface area contributed by atoms with Gasteiger partial charge in [-0.25, -0.2) is 0 Å². The Hall–Kier alpha value is -2.86. The third kappa shape index (κ3) is 3.66. The predicted molar refractivity (Wildman–Crippen MR) is 131 cm³/mol. The number of rotatable bonds is 4. The number of aromatic nitrogens is 2. The zero-order chi connectivity index (χ0) is 22.2. The molecule has 166 valence electrons. The van der Waals surface area contributed by atoms with E-state index in [1.54, 1.807) is 12.1 Å². The standard InChI is InChI=1S/C26H30N4OS/c1-17-16-22(18(2)29(17)20-11-13-21(31)14-12-20)25-24(23-10-6-7-15-27-23)28-26(32)30(25)19-8-4-3-5-9-19/h6-7,10-16,19,24-25,31H,3-5,8-9H2,1-2H3,(H,28,32)/t24-,25-/m0/s1. The van der Waals surface area contributed by atoms with E-state index in [0.29, 0.717) is 6.04 Å². The van der Waals surface area contributed by atoms with E-state index in [4.69, 9.17) is 17.2 Å². The van der Waals surface area contributed by atoms with Crippen LogP contribution in [-0.4, -0.2) is 30.7 Å². The Bertz CT molecular complexity index is 1100. The first-order valence-electron chi connectivity index (χ1n) is 11.5. The van der Waals surface area contributed by atoms with Crippen LogP contribution in [-0.2, 0) is 0 Å². The van der Waals surface area contributed by atoms with Crippen LogP contribution in [0.1, 0.15) is 66.8 Å². The largest absolute Gasteiger partial charge is 0.508 e. The molecule has 0 bridgehead atoms. The lowest BCUT2D eigenvalue weighted by molar-refractivity contribution is 0.197.